The van der Waals surface area contributed by atoms with E-state index in [0.29, 0.717) is 5.92 Å². The highest BCUT2D eigenvalue weighted by Gasteiger charge is 2.18. The van der Waals surface area contributed by atoms with Crippen molar-refractivity contribution in [3.05, 3.63) is 36.3 Å². The zero-order chi connectivity index (χ0) is 10.8. The molecule has 1 fully saturated rings. The van der Waals surface area contributed by atoms with Gasteiger partial charge in [0.25, 0.3) is 0 Å². The van der Waals surface area contributed by atoms with E-state index in [9.17, 15) is 0 Å². The number of rotatable bonds is 1. The number of fused-ring (bicyclic) bond motifs is 1. The van der Waals surface area contributed by atoms with Crippen molar-refractivity contribution in [1.82, 2.24) is 9.97 Å². The molecule has 0 unspecified atom stereocenters. The number of nitrogens with zero attached hydrogens (tertiary/aromatic N) is 2. The van der Waals surface area contributed by atoms with Crippen molar-refractivity contribution in [3.8, 4) is 0 Å². The summed E-state index contributed by atoms with van der Waals surface area (Å²) in [5.41, 5.74) is 2.35. The summed E-state index contributed by atoms with van der Waals surface area (Å²) in [6.07, 6.45) is 8.39. The molecule has 1 aliphatic rings. The third-order valence-corrected chi connectivity index (χ3v) is 3.57. The van der Waals surface area contributed by atoms with Crippen LogP contribution in [0.3, 0.4) is 0 Å². The molecule has 1 aliphatic carbocycles. The zero-order valence-corrected chi connectivity index (χ0v) is 9.39. The molecule has 0 spiro atoms. The second kappa shape index (κ2) is 4.20. The van der Waals surface area contributed by atoms with Crippen molar-refractivity contribution in [2.75, 3.05) is 0 Å². The highest BCUT2D eigenvalue weighted by molar-refractivity contribution is 5.80. The molecule has 1 heterocycles. The van der Waals surface area contributed by atoms with E-state index in [1.807, 2.05) is 6.07 Å². The fourth-order valence-corrected chi connectivity index (χ4v) is 2.73. The molecule has 2 aromatic rings. The third-order valence-electron chi connectivity index (χ3n) is 3.57. The number of benzene rings is 1. The molecule has 0 saturated heterocycles. The molecule has 2 heteroatoms. The SMILES string of the molecule is c1ccc2c(C3CCCCC3)ncnc2c1. The van der Waals surface area contributed by atoms with E-state index in [2.05, 4.69) is 28.2 Å². The molecule has 2 nitrogen and oxygen atoms in total. The molecule has 0 aliphatic heterocycles. The Hall–Kier alpha value is -1.44. The number of para-hydroxylation sites is 1. The van der Waals surface area contributed by atoms with Gasteiger partial charge in [-0.25, -0.2) is 9.97 Å². The molecule has 0 N–H and O–H groups in total. The van der Waals surface area contributed by atoms with Gasteiger partial charge in [0.1, 0.15) is 6.33 Å². The normalized spacial score (nSPS) is 17.8. The van der Waals surface area contributed by atoms with Crippen LogP contribution in [0.25, 0.3) is 10.9 Å². The van der Waals surface area contributed by atoms with Gasteiger partial charge >= 0.3 is 0 Å². The maximum atomic E-state index is 4.52. The first-order valence-electron chi connectivity index (χ1n) is 6.15. The van der Waals surface area contributed by atoms with Crippen LogP contribution >= 0.6 is 0 Å². The minimum Gasteiger partial charge on any atom is -0.240 e. The minimum absolute atomic E-state index is 0.654. The van der Waals surface area contributed by atoms with Crippen molar-refractivity contribution < 1.29 is 0 Å². The van der Waals surface area contributed by atoms with Crippen LogP contribution in [0.2, 0.25) is 0 Å². The summed E-state index contributed by atoms with van der Waals surface area (Å²) in [7, 11) is 0. The molecular formula is C14H16N2. The van der Waals surface area contributed by atoms with E-state index in [1.54, 1.807) is 6.33 Å². The van der Waals surface area contributed by atoms with Crippen LogP contribution in [-0.4, -0.2) is 9.97 Å². The predicted molar refractivity (Wildman–Crippen MR) is 65.4 cm³/mol. The van der Waals surface area contributed by atoms with E-state index in [-0.39, 0.29) is 0 Å². The van der Waals surface area contributed by atoms with E-state index in [4.69, 9.17) is 0 Å². The van der Waals surface area contributed by atoms with Gasteiger partial charge in [-0.05, 0) is 18.9 Å². The van der Waals surface area contributed by atoms with Crippen molar-refractivity contribution >= 4 is 10.9 Å². The lowest BCUT2D eigenvalue weighted by Gasteiger charge is -2.21. The summed E-state index contributed by atoms with van der Waals surface area (Å²) in [4.78, 5) is 8.85. The maximum absolute atomic E-state index is 4.52. The van der Waals surface area contributed by atoms with Crippen molar-refractivity contribution in [1.29, 1.82) is 0 Å². The standard InChI is InChI=1S/C14H16N2/c1-2-6-11(7-3-1)14-12-8-4-5-9-13(12)15-10-16-14/h4-5,8-11H,1-3,6-7H2. The summed E-state index contributed by atoms with van der Waals surface area (Å²) < 4.78 is 0. The van der Waals surface area contributed by atoms with Gasteiger partial charge in [-0.2, -0.15) is 0 Å². The molecule has 16 heavy (non-hydrogen) atoms. The first-order chi connectivity index (χ1) is 7.95. The fraction of sp³-hybridized carbons (Fsp3) is 0.429. The topological polar surface area (TPSA) is 25.8 Å². The molecule has 0 radical (unpaired) electrons. The lowest BCUT2D eigenvalue weighted by Crippen LogP contribution is -2.07. The first-order valence-corrected chi connectivity index (χ1v) is 6.15. The summed E-state index contributed by atoms with van der Waals surface area (Å²) in [6, 6.07) is 8.35. The lowest BCUT2D eigenvalue weighted by atomic mass is 9.85. The second-order valence-corrected chi connectivity index (χ2v) is 4.61. The Balaban J connectivity index is 2.08. The first kappa shape index (κ1) is 9.76. The Morgan fingerprint density at radius 3 is 2.62 bits per heavy atom. The van der Waals surface area contributed by atoms with E-state index < -0.39 is 0 Å². The summed E-state index contributed by atoms with van der Waals surface area (Å²) in [6.45, 7) is 0. The van der Waals surface area contributed by atoms with Crippen LogP contribution in [0.1, 0.15) is 43.7 Å². The van der Waals surface area contributed by atoms with E-state index >= 15 is 0 Å². The van der Waals surface area contributed by atoms with Crippen LogP contribution in [0.5, 0.6) is 0 Å². The third kappa shape index (κ3) is 1.69. The van der Waals surface area contributed by atoms with Crippen molar-refractivity contribution in [2.24, 2.45) is 0 Å². The Morgan fingerprint density at radius 2 is 1.75 bits per heavy atom. The molecule has 0 atom stereocenters. The monoisotopic (exact) mass is 212 g/mol. The van der Waals surface area contributed by atoms with Crippen LogP contribution in [-0.2, 0) is 0 Å². The van der Waals surface area contributed by atoms with Crippen LogP contribution in [0.4, 0.5) is 0 Å². The Kier molecular flexibility index (Phi) is 2.56. The summed E-state index contributed by atoms with van der Waals surface area (Å²) >= 11 is 0. The number of aromatic nitrogens is 2. The average molecular weight is 212 g/mol. The van der Waals surface area contributed by atoms with Gasteiger partial charge in [-0.3, -0.25) is 0 Å². The van der Waals surface area contributed by atoms with Crippen LogP contribution in [0.15, 0.2) is 30.6 Å². The second-order valence-electron chi connectivity index (χ2n) is 4.61. The van der Waals surface area contributed by atoms with Crippen molar-refractivity contribution in [3.63, 3.8) is 0 Å². The fourth-order valence-electron chi connectivity index (χ4n) is 2.73. The largest absolute Gasteiger partial charge is 0.240 e. The van der Waals surface area contributed by atoms with E-state index in [0.717, 1.165) is 5.52 Å². The number of hydrogen-bond acceptors (Lipinski definition) is 2. The quantitative estimate of drug-likeness (QED) is 0.720. The van der Waals surface area contributed by atoms with Gasteiger partial charge in [-0.1, -0.05) is 37.5 Å². The number of hydrogen-bond donors (Lipinski definition) is 0. The van der Waals surface area contributed by atoms with Gasteiger partial charge in [0.15, 0.2) is 0 Å². The van der Waals surface area contributed by atoms with Crippen molar-refractivity contribution in [2.45, 2.75) is 38.0 Å². The molecule has 1 aromatic heterocycles. The lowest BCUT2D eigenvalue weighted by molar-refractivity contribution is 0.438. The Labute approximate surface area is 95.7 Å². The highest BCUT2D eigenvalue weighted by Crippen LogP contribution is 2.34. The molecule has 82 valence electrons. The highest BCUT2D eigenvalue weighted by atomic mass is 14.8. The molecule has 1 aromatic carbocycles. The van der Waals surface area contributed by atoms with Gasteiger partial charge in [0.2, 0.25) is 0 Å². The summed E-state index contributed by atoms with van der Waals surface area (Å²) in [5, 5.41) is 1.25. The predicted octanol–water partition coefficient (Wildman–Crippen LogP) is 3.68. The molecule has 0 amide bonds. The Morgan fingerprint density at radius 1 is 0.938 bits per heavy atom. The van der Waals surface area contributed by atoms with E-state index in [1.165, 1.54) is 43.2 Å². The summed E-state index contributed by atoms with van der Waals surface area (Å²) in [5.74, 6) is 0.654. The minimum atomic E-state index is 0.654. The smallest absolute Gasteiger partial charge is 0.116 e. The maximum Gasteiger partial charge on any atom is 0.116 e. The van der Waals surface area contributed by atoms with Crippen LogP contribution < -0.4 is 0 Å². The molecule has 0 bridgehead atoms. The molecule has 1 saturated carbocycles. The van der Waals surface area contributed by atoms with Gasteiger partial charge in [0, 0.05) is 11.3 Å². The average Bonchev–Trinajstić information content (AvgIpc) is 2.39. The van der Waals surface area contributed by atoms with Crippen LogP contribution in [0, 0.1) is 0 Å². The molecule has 3 rings (SSSR count). The molecular weight excluding hydrogens is 196 g/mol. The Bertz CT molecular complexity index is 482. The van der Waals surface area contributed by atoms with Gasteiger partial charge in [0.05, 0.1) is 11.2 Å². The van der Waals surface area contributed by atoms with Gasteiger partial charge < -0.3 is 0 Å². The van der Waals surface area contributed by atoms with Gasteiger partial charge in [-0.15, -0.1) is 0 Å². The zero-order valence-electron chi connectivity index (χ0n) is 9.39.